The number of aliphatic hydroxyl groups excluding tert-OH is 1. The Labute approximate surface area is 214 Å². The van der Waals surface area contributed by atoms with Gasteiger partial charge in [0.2, 0.25) is 5.91 Å². The third kappa shape index (κ3) is 8.86. The zero-order valence-corrected chi connectivity index (χ0v) is 22.0. The lowest BCUT2D eigenvalue weighted by Crippen LogP contribution is -2.48. The van der Waals surface area contributed by atoms with Gasteiger partial charge in [-0.15, -0.1) is 0 Å². The second kappa shape index (κ2) is 12.6. The molecule has 2 aromatic rings. The third-order valence-corrected chi connectivity index (χ3v) is 6.48. The number of rotatable bonds is 10. The van der Waals surface area contributed by atoms with E-state index < -0.39 is 23.8 Å². The summed E-state index contributed by atoms with van der Waals surface area (Å²) in [5, 5.41) is 17.0. The predicted molar refractivity (Wildman–Crippen MR) is 141 cm³/mol. The van der Waals surface area contributed by atoms with Gasteiger partial charge in [0, 0.05) is 44.9 Å². The SMILES string of the molecule is CC(=O)NC(Cc1cc(F)cc(F)c1)C(O)CNCc1cc(CC(C)(C)C)ccc1N1CCCCC1. The normalized spacial score (nSPS) is 16.0. The van der Waals surface area contributed by atoms with Crippen molar-refractivity contribution in [3.63, 3.8) is 0 Å². The summed E-state index contributed by atoms with van der Waals surface area (Å²) in [6.45, 7) is 10.9. The molecule has 2 atom stereocenters. The van der Waals surface area contributed by atoms with Gasteiger partial charge in [-0.3, -0.25) is 4.79 Å². The Balaban J connectivity index is 1.71. The standard InChI is InChI=1S/C29H41F2N3O2/c1-20(35)33-26(15-22-13-24(30)16-25(31)14-22)28(36)19-32-18-23-12-21(17-29(2,3)4)8-9-27(23)34-10-6-5-7-11-34/h8-9,12-14,16,26,28,32,36H,5-7,10-11,15,17-19H2,1-4H3,(H,33,35). The van der Waals surface area contributed by atoms with Crippen LogP contribution in [0.25, 0.3) is 0 Å². The largest absolute Gasteiger partial charge is 0.390 e. The van der Waals surface area contributed by atoms with E-state index in [2.05, 4.69) is 54.5 Å². The fourth-order valence-corrected chi connectivity index (χ4v) is 4.97. The highest BCUT2D eigenvalue weighted by Crippen LogP contribution is 2.28. The lowest BCUT2D eigenvalue weighted by Gasteiger charge is -2.31. The fraction of sp³-hybridized carbons (Fsp3) is 0.552. The van der Waals surface area contributed by atoms with E-state index in [9.17, 15) is 18.7 Å². The molecule has 3 N–H and O–H groups in total. The van der Waals surface area contributed by atoms with Crippen LogP contribution >= 0.6 is 0 Å². The van der Waals surface area contributed by atoms with Crippen molar-refractivity contribution in [2.45, 2.75) is 78.5 Å². The number of hydrogen-bond acceptors (Lipinski definition) is 4. The summed E-state index contributed by atoms with van der Waals surface area (Å²) in [7, 11) is 0. The summed E-state index contributed by atoms with van der Waals surface area (Å²) < 4.78 is 27.3. The molecule has 0 spiro atoms. The summed E-state index contributed by atoms with van der Waals surface area (Å²) in [5.41, 5.74) is 4.25. The molecule has 1 saturated heterocycles. The molecule has 1 aliphatic rings. The number of aliphatic hydroxyl groups is 1. The van der Waals surface area contributed by atoms with Gasteiger partial charge in [0.15, 0.2) is 0 Å². The topological polar surface area (TPSA) is 64.6 Å². The Morgan fingerprint density at radius 1 is 1.03 bits per heavy atom. The van der Waals surface area contributed by atoms with E-state index in [0.717, 1.165) is 25.6 Å². The van der Waals surface area contributed by atoms with E-state index >= 15 is 0 Å². The van der Waals surface area contributed by atoms with E-state index in [1.165, 1.54) is 55.1 Å². The van der Waals surface area contributed by atoms with Gasteiger partial charge in [0.25, 0.3) is 0 Å². The molecule has 0 aliphatic carbocycles. The molecule has 198 valence electrons. The van der Waals surface area contributed by atoms with Gasteiger partial charge in [0.05, 0.1) is 12.1 Å². The highest BCUT2D eigenvalue weighted by atomic mass is 19.1. The molecule has 0 radical (unpaired) electrons. The van der Waals surface area contributed by atoms with Gasteiger partial charge in [-0.25, -0.2) is 8.78 Å². The number of amides is 1. The van der Waals surface area contributed by atoms with Crippen LogP contribution in [0, 0.1) is 17.0 Å². The average Bonchev–Trinajstić information content (AvgIpc) is 2.77. The molecule has 2 aromatic carbocycles. The Kier molecular flexibility index (Phi) is 9.85. The maximum atomic E-state index is 13.7. The quantitative estimate of drug-likeness (QED) is 0.440. The molecule has 7 heteroatoms. The summed E-state index contributed by atoms with van der Waals surface area (Å²) in [6, 6.07) is 9.28. The number of carbonyl (C=O) groups excluding carboxylic acids is 1. The number of anilines is 1. The molecule has 2 unspecified atom stereocenters. The molecule has 1 aliphatic heterocycles. The van der Waals surface area contributed by atoms with Gasteiger partial charge in [0.1, 0.15) is 11.6 Å². The van der Waals surface area contributed by atoms with Gasteiger partial charge in [-0.05, 0) is 72.4 Å². The zero-order chi connectivity index (χ0) is 26.3. The number of nitrogens with one attached hydrogen (secondary N) is 2. The lowest BCUT2D eigenvalue weighted by molar-refractivity contribution is -0.120. The molecule has 0 aromatic heterocycles. The van der Waals surface area contributed by atoms with Crippen LogP contribution in [0.1, 0.15) is 63.6 Å². The molecule has 1 amide bonds. The first-order chi connectivity index (χ1) is 17.0. The van der Waals surface area contributed by atoms with Gasteiger partial charge < -0.3 is 20.6 Å². The minimum absolute atomic E-state index is 0.122. The van der Waals surface area contributed by atoms with Crippen LogP contribution in [-0.4, -0.2) is 42.8 Å². The van der Waals surface area contributed by atoms with Crippen molar-refractivity contribution in [3.05, 3.63) is 64.7 Å². The van der Waals surface area contributed by atoms with Crippen LogP contribution in [-0.2, 0) is 24.2 Å². The van der Waals surface area contributed by atoms with Crippen molar-refractivity contribution >= 4 is 11.6 Å². The summed E-state index contributed by atoms with van der Waals surface area (Å²) in [5.74, 6) is -1.67. The van der Waals surface area contributed by atoms with Crippen molar-refractivity contribution in [2.75, 3.05) is 24.5 Å². The van der Waals surface area contributed by atoms with E-state index in [0.29, 0.717) is 12.1 Å². The average molecular weight is 502 g/mol. The van der Waals surface area contributed by atoms with Crippen molar-refractivity contribution < 1.29 is 18.7 Å². The number of carbonyl (C=O) groups is 1. The monoisotopic (exact) mass is 501 g/mol. The smallest absolute Gasteiger partial charge is 0.217 e. The van der Waals surface area contributed by atoms with Crippen LogP contribution in [0.4, 0.5) is 14.5 Å². The molecule has 5 nitrogen and oxygen atoms in total. The Hall–Kier alpha value is -2.51. The molecule has 3 rings (SSSR count). The number of nitrogens with zero attached hydrogens (tertiary/aromatic N) is 1. The van der Waals surface area contributed by atoms with Crippen LogP contribution in [0.15, 0.2) is 36.4 Å². The Morgan fingerprint density at radius 3 is 2.31 bits per heavy atom. The Bertz CT molecular complexity index is 996. The molecular formula is C29H41F2N3O2. The van der Waals surface area contributed by atoms with E-state index in [1.807, 2.05) is 0 Å². The van der Waals surface area contributed by atoms with E-state index in [1.54, 1.807) is 0 Å². The first-order valence-electron chi connectivity index (χ1n) is 13.0. The first-order valence-corrected chi connectivity index (χ1v) is 13.0. The van der Waals surface area contributed by atoms with Crippen molar-refractivity contribution in [2.24, 2.45) is 5.41 Å². The summed E-state index contributed by atoms with van der Waals surface area (Å²) >= 11 is 0. The van der Waals surface area contributed by atoms with Crippen LogP contribution in [0.3, 0.4) is 0 Å². The molecule has 36 heavy (non-hydrogen) atoms. The lowest BCUT2D eigenvalue weighted by atomic mass is 9.87. The molecular weight excluding hydrogens is 460 g/mol. The van der Waals surface area contributed by atoms with Gasteiger partial charge in [-0.1, -0.05) is 32.9 Å². The number of piperidine rings is 1. The number of halogens is 2. The van der Waals surface area contributed by atoms with E-state index in [-0.39, 0.29) is 24.3 Å². The van der Waals surface area contributed by atoms with Crippen molar-refractivity contribution in [1.82, 2.24) is 10.6 Å². The van der Waals surface area contributed by atoms with Crippen molar-refractivity contribution in [3.8, 4) is 0 Å². The second-order valence-corrected chi connectivity index (χ2v) is 11.2. The van der Waals surface area contributed by atoms with Crippen LogP contribution in [0.2, 0.25) is 0 Å². The highest BCUT2D eigenvalue weighted by Gasteiger charge is 2.22. The Morgan fingerprint density at radius 2 is 1.69 bits per heavy atom. The maximum absolute atomic E-state index is 13.7. The maximum Gasteiger partial charge on any atom is 0.217 e. The molecule has 1 fully saturated rings. The second-order valence-electron chi connectivity index (χ2n) is 11.2. The van der Waals surface area contributed by atoms with E-state index in [4.69, 9.17) is 0 Å². The highest BCUT2D eigenvalue weighted by molar-refractivity contribution is 5.73. The predicted octanol–water partition coefficient (Wildman–Crippen LogP) is 4.74. The summed E-state index contributed by atoms with van der Waals surface area (Å²) in [4.78, 5) is 14.2. The fourth-order valence-electron chi connectivity index (χ4n) is 4.97. The minimum atomic E-state index is -0.934. The molecule has 1 heterocycles. The number of benzene rings is 2. The van der Waals surface area contributed by atoms with Gasteiger partial charge >= 0.3 is 0 Å². The van der Waals surface area contributed by atoms with Crippen molar-refractivity contribution in [1.29, 1.82) is 0 Å². The first kappa shape index (κ1) is 28.1. The minimum Gasteiger partial charge on any atom is -0.390 e. The molecule has 0 bridgehead atoms. The number of hydrogen-bond donors (Lipinski definition) is 3. The van der Waals surface area contributed by atoms with Gasteiger partial charge in [-0.2, -0.15) is 0 Å². The molecule has 0 saturated carbocycles. The van der Waals surface area contributed by atoms with Crippen LogP contribution < -0.4 is 15.5 Å². The zero-order valence-electron chi connectivity index (χ0n) is 22.0. The third-order valence-electron chi connectivity index (χ3n) is 6.48. The van der Waals surface area contributed by atoms with Crippen LogP contribution in [0.5, 0.6) is 0 Å². The summed E-state index contributed by atoms with van der Waals surface area (Å²) in [6.07, 6.45) is 3.80.